The molecule has 0 spiro atoms. The topological polar surface area (TPSA) is 59.8 Å². The summed E-state index contributed by atoms with van der Waals surface area (Å²) in [7, 11) is 0. The van der Waals surface area contributed by atoms with Gasteiger partial charge in [-0.15, -0.1) is 5.10 Å². The molecular weight excluding hydrogens is 348 g/mol. The molecule has 2 heterocycles. The van der Waals surface area contributed by atoms with Crippen molar-refractivity contribution in [2.45, 2.75) is 24.5 Å². The summed E-state index contributed by atoms with van der Waals surface area (Å²) in [6.07, 6.45) is 0.423. The third-order valence-corrected chi connectivity index (χ3v) is 5.43. The van der Waals surface area contributed by atoms with Gasteiger partial charge in [0.1, 0.15) is 11.6 Å². The van der Waals surface area contributed by atoms with Crippen molar-refractivity contribution in [1.82, 2.24) is 20.3 Å². The van der Waals surface area contributed by atoms with Crippen molar-refractivity contribution >= 4 is 16.8 Å². The SMILES string of the molecule is O=C1CC(c2ccccc2)NC(c2ccccc2)C1n1nnc2ccccc21. The lowest BCUT2D eigenvalue weighted by Gasteiger charge is -2.37. The van der Waals surface area contributed by atoms with E-state index >= 15 is 0 Å². The second-order valence-electron chi connectivity index (χ2n) is 7.16. The molecule has 0 amide bonds. The summed E-state index contributed by atoms with van der Waals surface area (Å²) in [6.45, 7) is 0. The summed E-state index contributed by atoms with van der Waals surface area (Å²) in [5, 5.41) is 12.3. The molecule has 0 aliphatic carbocycles. The quantitative estimate of drug-likeness (QED) is 0.593. The number of nitrogens with one attached hydrogen (secondary N) is 1. The molecule has 28 heavy (non-hydrogen) atoms. The first-order valence-electron chi connectivity index (χ1n) is 9.50. The van der Waals surface area contributed by atoms with Gasteiger partial charge in [0.2, 0.25) is 0 Å². The molecule has 3 atom stereocenters. The van der Waals surface area contributed by atoms with Gasteiger partial charge in [-0.05, 0) is 23.3 Å². The van der Waals surface area contributed by atoms with Gasteiger partial charge in [0.25, 0.3) is 0 Å². The van der Waals surface area contributed by atoms with Crippen molar-refractivity contribution < 1.29 is 4.79 Å². The molecular formula is C23H20N4O. The Hall–Kier alpha value is -3.31. The number of benzene rings is 3. The number of hydrogen-bond acceptors (Lipinski definition) is 4. The van der Waals surface area contributed by atoms with E-state index < -0.39 is 6.04 Å². The van der Waals surface area contributed by atoms with Gasteiger partial charge in [-0.3, -0.25) is 4.79 Å². The Bertz CT molecular complexity index is 1110. The minimum atomic E-state index is -0.435. The largest absolute Gasteiger partial charge is 0.300 e. The van der Waals surface area contributed by atoms with E-state index in [9.17, 15) is 4.79 Å². The van der Waals surface area contributed by atoms with Gasteiger partial charge in [0.05, 0.1) is 11.6 Å². The average Bonchev–Trinajstić information content (AvgIpc) is 3.18. The molecule has 138 valence electrons. The van der Waals surface area contributed by atoms with Crippen LogP contribution in [0.5, 0.6) is 0 Å². The normalized spacial score (nSPS) is 22.4. The number of fused-ring (bicyclic) bond motifs is 1. The van der Waals surface area contributed by atoms with Crippen LogP contribution in [0, 0.1) is 0 Å². The fourth-order valence-electron chi connectivity index (χ4n) is 4.08. The summed E-state index contributed by atoms with van der Waals surface area (Å²) in [6, 6.07) is 27.4. The van der Waals surface area contributed by atoms with Gasteiger partial charge < -0.3 is 5.32 Å². The highest BCUT2D eigenvalue weighted by molar-refractivity contribution is 5.87. The third-order valence-electron chi connectivity index (χ3n) is 5.43. The van der Waals surface area contributed by atoms with Crippen molar-refractivity contribution in [3.63, 3.8) is 0 Å². The Kier molecular flexibility index (Phi) is 4.22. The molecule has 1 saturated heterocycles. The molecule has 4 aromatic rings. The van der Waals surface area contributed by atoms with Crippen LogP contribution in [0.1, 0.15) is 35.7 Å². The Morgan fingerprint density at radius 2 is 1.46 bits per heavy atom. The lowest BCUT2D eigenvalue weighted by atomic mass is 9.85. The van der Waals surface area contributed by atoms with Gasteiger partial charge in [0, 0.05) is 12.5 Å². The highest BCUT2D eigenvalue weighted by Gasteiger charge is 2.40. The monoisotopic (exact) mass is 368 g/mol. The van der Waals surface area contributed by atoms with Crippen LogP contribution in [-0.2, 0) is 4.79 Å². The number of para-hydroxylation sites is 1. The van der Waals surface area contributed by atoms with Crippen molar-refractivity contribution in [2.24, 2.45) is 0 Å². The molecule has 0 bridgehead atoms. The molecule has 1 fully saturated rings. The van der Waals surface area contributed by atoms with Gasteiger partial charge in [-0.1, -0.05) is 78.0 Å². The number of carbonyl (C=O) groups is 1. The fraction of sp³-hybridized carbons (Fsp3) is 0.174. The van der Waals surface area contributed by atoms with E-state index in [1.165, 1.54) is 0 Å². The molecule has 5 rings (SSSR count). The maximum absolute atomic E-state index is 13.4. The van der Waals surface area contributed by atoms with Crippen molar-refractivity contribution in [2.75, 3.05) is 0 Å². The highest BCUT2D eigenvalue weighted by Crippen LogP contribution is 2.38. The maximum atomic E-state index is 13.4. The number of aromatic nitrogens is 3. The zero-order chi connectivity index (χ0) is 18.9. The van der Waals surface area contributed by atoms with Crippen LogP contribution in [0.15, 0.2) is 84.9 Å². The van der Waals surface area contributed by atoms with E-state index in [1.54, 1.807) is 4.68 Å². The lowest BCUT2D eigenvalue weighted by Crippen LogP contribution is -2.43. The molecule has 0 saturated carbocycles. The van der Waals surface area contributed by atoms with Gasteiger partial charge in [-0.2, -0.15) is 0 Å². The smallest absolute Gasteiger partial charge is 0.161 e. The van der Waals surface area contributed by atoms with E-state index in [1.807, 2.05) is 60.7 Å². The zero-order valence-electron chi connectivity index (χ0n) is 15.3. The summed E-state index contributed by atoms with van der Waals surface area (Å²) < 4.78 is 1.78. The second kappa shape index (κ2) is 7.02. The number of carbonyl (C=O) groups excluding carboxylic acids is 1. The van der Waals surface area contributed by atoms with E-state index in [-0.39, 0.29) is 17.9 Å². The second-order valence-corrected chi connectivity index (χ2v) is 7.16. The average molecular weight is 368 g/mol. The van der Waals surface area contributed by atoms with Gasteiger partial charge >= 0.3 is 0 Å². The number of rotatable bonds is 3. The van der Waals surface area contributed by atoms with E-state index in [0.717, 1.165) is 22.2 Å². The lowest BCUT2D eigenvalue weighted by molar-refractivity contribution is -0.126. The summed E-state index contributed by atoms with van der Waals surface area (Å²) in [4.78, 5) is 13.4. The first-order chi connectivity index (χ1) is 13.8. The molecule has 1 aliphatic heterocycles. The van der Waals surface area contributed by atoms with Crippen molar-refractivity contribution in [1.29, 1.82) is 0 Å². The number of nitrogens with zero attached hydrogens (tertiary/aromatic N) is 3. The Labute approximate surface area is 163 Å². The predicted octanol–water partition coefficient (Wildman–Crippen LogP) is 4.02. The van der Waals surface area contributed by atoms with Crippen LogP contribution in [-0.4, -0.2) is 20.8 Å². The van der Waals surface area contributed by atoms with Gasteiger partial charge in [0.15, 0.2) is 5.78 Å². The van der Waals surface area contributed by atoms with E-state index in [2.05, 4.69) is 39.9 Å². The Balaban J connectivity index is 1.60. The van der Waals surface area contributed by atoms with Crippen LogP contribution in [0.3, 0.4) is 0 Å². The molecule has 1 N–H and O–H groups in total. The highest BCUT2D eigenvalue weighted by atomic mass is 16.1. The molecule has 1 aromatic heterocycles. The Morgan fingerprint density at radius 3 is 2.21 bits per heavy atom. The summed E-state index contributed by atoms with van der Waals surface area (Å²) in [5.74, 6) is 0.164. The van der Waals surface area contributed by atoms with Gasteiger partial charge in [-0.25, -0.2) is 4.68 Å². The molecule has 3 unspecified atom stereocenters. The van der Waals surface area contributed by atoms with Crippen LogP contribution in [0.4, 0.5) is 0 Å². The van der Waals surface area contributed by atoms with Crippen LogP contribution in [0.25, 0.3) is 11.0 Å². The first-order valence-corrected chi connectivity index (χ1v) is 9.50. The fourth-order valence-corrected chi connectivity index (χ4v) is 4.08. The van der Waals surface area contributed by atoms with Crippen molar-refractivity contribution in [3.05, 3.63) is 96.1 Å². The van der Waals surface area contributed by atoms with Crippen LogP contribution < -0.4 is 5.32 Å². The first kappa shape index (κ1) is 16.8. The number of ketones is 1. The van der Waals surface area contributed by atoms with E-state index in [4.69, 9.17) is 0 Å². The summed E-state index contributed by atoms with van der Waals surface area (Å²) in [5.41, 5.74) is 3.87. The van der Waals surface area contributed by atoms with Crippen LogP contribution >= 0.6 is 0 Å². The molecule has 5 heteroatoms. The predicted molar refractivity (Wildman–Crippen MR) is 108 cm³/mol. The number of hydrogen-bond donors (Lipinski definition) is 1. The molecule has 3 aromatic carbocycles. The summed E-state index contributed by atoms with van der Waals surface area (Å²) >= 11 is 0. The standard InChI is InChI=1S/C23H20N4O/c28-21-15-19(16-9-3-1-4-10-16)24-22(17-11-5-2-6-12-17)23(21)27-20-14-8-7-13-18(20)25-26-27/h1-14,19,22-24H,15H2. The Morgan fingerprint density at radius 1 is 0.821 bits per heavy atom. The van der Waals surface area contributed by atoms with Crippen molar-refractivity contribution in [3.8, 4) is 0 Å². The maximum Gasteiger partial charge on any atom is 0.161 e. The minimum Gasteiger partial charge on any atom is -0.300 e. The minimum absolute atomic E-state index is 0.0232. The van der Waals surface area contributed by atoms with E-state index in [0.29, 0.717) is 6.42 Å². The third kappa shape index (κ3) is 2.90. The van der Waals surface area contributed by atoms with Crippen LogP contribution in [0.2, 0.25) is 0 Å². The zero-order valence-corrected chi connectivity index (χ0v) is 15.3. The number of Topliss-reactive ketones (excluding diaryl/α,β-unsaturated/α-hetero) is 1. The number of piperidine rings is 1. The molecule has 0 radical (unpaired) electrons. The molecule has 5 nitrogen and oxygen atoms in total. The molecule has 1 aliphatic rings.